The number of benzene rings is 1. The van der Waals surface area contributed by atoms with Gasteiger partial charge in [-0.15, -0.1) is 0 Å². The summed E-state index contributed by atoms with van der Waals surface area (Å²) in [6.07, 6.45) is 3.70. The standard InChI is InChI=1S/C19H28N2O3/c1-19(2,3)24-18(22)21-11-9-16(10-12-21)14-20-13-15-5-7-17(23-4)8-6-15/h5-8,14,16H,9-13H2,1-4H3/b20-14+. The van der Waals surface area contributed by atoms with Gasteiger partial charge in [0.15, 0.2) is 0 Å². The van der Waals surface area contributed by atoms with E-state index in [1.165, 1.54) is 5.56 Å². The summed E-state index contributed by atoms with van der Waals surface area (Å²) in [7, 11) is 1.66. The molecule has 1 aromatic carbocycles. The van der Waals surface area contributed by atoms with Crippen LogP contribution in [0, 0.1) is 5.92 Å². The van der Waals surface area contributed by atoms with E-state index < -0.39 is 5.60 Å². The number of rotatable bonds is 4. The van der Waals surface area contributed by atoms with E-state index in [-0.39, 0.29) is 6.09 Å². The lowest BCUT2D eigenvalue weighted by Crippen LogP contribution is -2.41. The fraction of sp³-hybridized carbons (Fsp3) is 0.579. The molecule has 1 amide bonds. The Morgan fingerprint density at radius 2 is 1.88 bits per heavy atom. The molecule has 0 atom stereocenters. The Balaban J connectivity index is 1.75. The maximum absolute atomic E-state index is 12.0. The number of hydrogen-bond donors (Lipinski definition) is 0. The van der Waals surface area contributed by atoms with Gasteiger partial charge in [0.2, 0.25) is 0 Å². The Hall–Kier alpha value is -2.04. The van der Waals surface area contributed by atoms with Crippen molar-refractivity contribution in [2.75, 3.05) is 20.2 Å². The lowest BCUT2D eigenvalue weighted by molar-refractivity contribution is 0.0203. The van der Waals surface area contributed by atoms with E-state index in [0.29, 0.717) is 12.5 Å². The average molecular weight is 332 g/mol. The average Bonchev–Trinajstić information content (AvgIpc) is 2.54. The summed E-state index contributed by atoms with van der Waals surface area (Å²) >= 11 is 0. The molecule has 0 bridgehead atoms. The molecule has 0 saturated carbocycles. The van der Waals surface area contributed by atoms with Crippen LogP contribution in [-0.4, -0.2) is 43.0 Å². The van der Waals surface area contributed by atoms with Crippen LogP contribution in [0.15, 0.2) is 29.3 Å². The number of likely N-dealkylation sites (tertiary alicyclic amines) is 1. The van der Waals surface area contributed by atoms with Crippen LogP contribution in [0.5, 0.6) is 5.75 Å². The zero-order valence-corrected chi connectivity index (χ0v) is 15.1. The number of aliphatic imine (C=N–C) groups is 1. The smallest absolute Gasteiger partial charge is 0.410 e. The highest BCUT2D eigenvalue weighted by Gasteiger charge is 2.26. The van der Waals surface area contributed by atoms with E-state index in [9.17, 15) is 4.79 Å². The van der Waals surface area contributed by atoms with Crippen molar-refractivity contribution in [2.45, 2.75) is 45.8 Å². The van der Waals surface area contributed by atoms with E-state index >= 15 is 0 Å². The Labute approximate surface area is 144 Å². The fourth-order valence-corrected chi connectivity index (χ4v) is 2.60. The fourth-order valence-electron chi connectivity index (χ4n) is 2.60. The van der Waals surface area contributed by atoms with E-state index in [4.69, 9.17) is 9.47 Å². The minimum Gasteiger partial charge on any atom is -0.497 e. The molecule has 5 nitrogen and oxygen atoms in total. The molecule has 1 saturated heterocycles. The summed E-state index contributed by atoms with van der Waals surface area (Å²) in [6.45, 7) is 7.81. The van der Waals surface area contributed by atoms with Crippen molar-refractivity contribution in [3.63, 3.8) is 0 Å². The predicted molar refractivity (Wildman–Crippen MR) is 95.7 cm³/mol. The number of methoxy groups -OCH3 is 1. The second kappa shape index (κ2) is 8.18. The van der Waals surface area contributed by atoms with Gasteiger partial charge in [0.25, 0.3) is 0 Å². The van der Waals surface area contributed by atoms with Crippen LogP contribution in [0.2, 0.25) is 0 Å². The summed E-state index contributed by atoms with van der Waals surface area (Å²) in [5, 5.41) is 0. The third-order valence-electron chi connectivity index (χ3n) is 3.94. The summed E-state index contributed by atoms with van der Waals surface area (Å²) in [5.41, 5.74) is 0.728. The second-order valence-corrected chi connectivity index (χ2v) is 7.14. The van der Waals surface area contributed by atoms with E-state index in [0.717, 1.165) is 31.7 Å². The normalized spacial score (nSPS) is 16.4. The number of piperidine rings is 1. The van der Waals surface area contributed by atoms with Crippen molar-refractivity contribution in [2.24, 2.45) is 10.9 Å². The van der Waals surface area contributed by atoms with Gasteiger partial charge in [-0.1, -0.05) is 12.1 Å². The van der Waals surface area contributed by atoms with Crippen LogP contribution in [0.4, 0.5) is 4.79 Å². The highest BCUT2D eigenvalue weighted by Crippen LogP contribution is 2.19. The molecule has 0 aromatic heterocycles. The van der Waals surface area contributed by atoms with E-state index in [1.54, 1.807) is 12.0 Å². The lowest BCUT2D eigenvalue weighted by Gasteiger charge is -2.32. The molecule has 1 fully saturated rings. The molecule has 0 unspecified atom stereocenters. The van der Waals surface area contributed by atoms with Gasteiger partial charge in [0.1, 0.15) is 11.4 Å². The molecule has 0 spiro atoms. The molecular formula is C19H28N2O3. The van der Waals surface area contributed by atoms with Gasteiger partial charge in [-0.05, 0) is 57.2 Å². The zero-order chi connectivity index (χ0) is 17.6. The minimum absolute atomic E-state index is 0.212. The van der Waals surface area contributed by atoms with Crippen LogP contribution >= 0.6 is 0 Å². The van der Waals surface area contributed by atoms with Crippen molar-refractivity contribution in [1.82, 2.24) is 4.90 Å². The molecule has 24 heavy (non-hydrogen) atoms. The Morgan fingerprint density at radius 3 is 2.42 bits per heavy atom. The monoisotopic (exact) mass is 332 g/mol. The first-order chi connectivity index (χ1) is 11.4. The van der Waals surface area contributed by atoms with Gasteiger partial charge in [0, 0.05) is 19.3 Å². The first-order valence-electron chi connectivity index (χ1n) is 8.48. The van der Waals surface area contributed by atoms with Gasteiger partial charge in [-0.3, -0.25) is 4.99 Å². The Kier molecular flexibility index (Phi) is 6.23. The van der Waals surface area contributed by atoms with Gasteiger partial charge in [-0.2, -0.15) is 0 Å². The maximum Gasteiger partial charge on any atom is 0.410 e. The molecule has 1 aliphatic rings. The van der Waals surface area contributed by atoms with Crippen molar-refractivity contribution in [3.8, 4) is 5.75 Å². The summed E-state index contributed by atoms with van der Waals surface area (Å²) in [4.78, 5) is 18.4. The molecular weight excluding hydrogens is 304 g/mol. The summed E-state index contributed by atoms with van der Waals surface area (Å²) in [5.74, 6) is 1.29. The molecule has 1 heterocycles. The van der Waals surface area contributed by atoms with Crippen molar-refractivity contribution in [1.29, 1.82) is 0 Å². The van der Waals surface area contributed by atoms with Crippen LogP contribution in [0.25, 0.3) is 0 Å². The number of nitrogens with zero attached hydrogens (tertiary/aromatic N) is 2. The molecule has 2 rings (SSSR count). The van der Waals surface area contributed by atoms with E-state index in [1.807, 2.05) is 51.3 Å². The second-order valence-electron chi connectivity index (χ2n) is 7.14. The van der Waals surface area contributed by atoms with Gasteiger partial charge >= 0.3 is 6.09 Å². The molecule has 132 valence electrons. The number of ether oxygens (including phenoxy) is 2. The first kappa shape index (κ1) is 18.3. The molecule has 1 aliphatic heterocycles. The molecule has 5 heteroatoms. The van der Waals surface area contributed by atoms with Crippen LogP contribution in [0.1, 0.15) is 39.2 Å². The lowest BCUT2D eigenvalue weighted by atomic mass is 9.98. The van der Waals surface area contributed by atoms with Gasteiger partial charge in [-0.25, -0.2) is 4.79 Å². The minimum atomic E-state index is -0.437. The zero-order valence-electron chi connectivity index (χ0n) is 15.1. The highest BCUT2D eigenvalue weighted by molar-refractivity contribution is 5.69. The number of carbonyl (C=O) groups is 1. The van der Waals surface area contributed by atoms with Crippen LogP contribution < -0.4 is 4.74 Å². The molecule has 0 aliphatic carbocycles. The third kappa shape index (κ3) is 5.87. The predicted octanol–water partition coefficient (Wildman–Crippen LogP) is 3.91. The first-order valence-corrected chi connectivity index (χ1v) is 8.48. The molecule has 0 radical (unpaired) electrons. The Morgan fingerprint density at radius 1 is 1.25 bits per heavy atom. The number of amides is 1. The van der Waals surface area contributed by atoms with Crippen LogP contribution in [0.3, 0.4) is 0 Å². The quantitative estimate of drug-likeness (QED) is 0.785. The number of carbonyl (C=O) groups excluding carboxylic acids is 1. The number of hydrogen-bond acceptors (Lipinski definition) is 4. The molecule has 0 N–H and O–H groups in total. The van der Waals surface area contributed by atoms with Gasteiger partial charge in [0.05, 0.1) is 13.7 Å². The van der Waals surface area contributed by atoms with Gasteiger partial charge < -0.3 is 14.4 Å². The van der Waals surface area contributed by atoms with Crippen molar-refractivity contribution >= 4 is 12.3 Å². The van der Waals surface area contributed by atoms with Crippen molar-refractivity contribution in [3.05, 3.63) is 29.8 Å². The third-order valence-corrected chi connectivity index (χ3v) is 3.94. The highest BCUT2D eigenvalue weighted by atomic mass is 16.6. The Bertz CT molecular complexity index is 553. The van der Waals surface area contributed by atoms with Crippen molar-refractivity contribution < 1.29 is 14.3 Å². The van der Waals surface area contributed by atoms with E-state index in [2.05, 4.69) is 4.99 Å². The SMILES string of the molecule is COc1ccc(C/N=C/C2CCN(C(=O)OC(C)(C)C)CC2)cc1. The summed E-state index contributed by atoms with van der Waals surface area (Å²) in [6, 6.07) is 7.96. The summed E-state index contributed by atoms with van der Waals surface area (Å²) < 4.78 is 10.6. The van der Waals surface area contributed by atoms with Crippen LogP contribution in [-0.2, 0) is 11.3 Å². The largest absolute Gasteiger partial charge is 0.497 e. The molecule has 1 aromatic rings. The topological polar surface area (TPSA) is 51.1 Å². The maximum atomic E-state index is 12.0.